The van der Waals surface area contributed by atoms with Crippen LogP contribution in [-0.4, -0.2) is 20.5 Å². The lowest BCUT2D eigenvalue weighted by Gasteiger charge is -2.34. The molecular weight excluding hydrogens is 369 g/mol. The fourth-order valence-electron chi connectivity index (χ4n) is 3.48. The van der Waals surface area contributed by atoms with Gasteiger partial charge in [-0.2, -0.15) is 18.2 Å². The molecular formula is C17H14ClF3N4O. The summed E-state index contributed by atoms with van der Waals surface area (Å²) in [6.07, 6.45) is -3.76. The lowest BCUT2D eigenvalue weighted by Crippen LogP contribution is -2.33. The Labute approximate surface area is 151 Å². The predicted octanol–water partition coefficient (Wildman–Crippen LogP) is 4.22. The minimum atomic E-state index is -4.67. The summed E-state index contributed by atoms with van der Waals surface area (Å²) in [5.41, 5.74) is 1.69. The fraction of sp³-hybridized carbons (Fsp3) is 0.353. The van der Waals surface area contributed by atoms with Gasteiger partial charge in [0.05, 0.1) is 0 Å². The van der Waals surface area contributed by atoms with Crippen molar-refractivity contribution in [3.63, 3.8) is 0 Å². The van der Waals surface area contributed by atoms with Gasteiger partial charge < -0.3 is 5.32 Å². The van der Waals surface area contributed by atoms with Gasteiger partial charge in [-0.1, -0.05) is 30.7 Å². The molecule has 0 spiro atoms. The maximum atomic E-state index is 13.1. The third kappa shape index (κ3) is 2.78. The number of alkyl halides is 3. The quantitative estimate of drug-likeness (QED) is 0.802. The van der Waals surface area contributed by atoms with Crippen molar-refractivity contribution in [1.29, 1.82) is 0 Å². The van der Waals surface area contributed by atoms with E-state index in [4.69, 9.17) is 11.6 Å². The summed E-state index contributed by atoms with van der Waals surface area (Å²) in [5, 5.41) is 7.03. The van der Waals surface area contributed by atoms with Crippen LogP contribution >= 0.6 is 11.6 Å². The maximum Gasteiger partial charge on any atom is 0.453 e. The van der Waals surface area contributed by atoms with Gasteiger partial charge in [-0.05, 0) is 30.0 Å². The van der Waals surface area contributed by atoms with Gasteiger partial charge in [0, 0.05) is 22.7 Å². The summed E-state index contributed by atoms with van der Waals surface area (Å²) in [6, 6.07) is 5.88. The third-order valence-corrected chi connectivity index (χ3v) is 4.82. The van der Waals surface area contributed by atoms with Gasteiger partial charge >= 0.3 is 6.18 Å². The van der Waals surface area contributed by atoms with Crippen LogP contribution in [0, 0.1) is 5.92 Å². The third-order valence-electron chi connectivity index (χ3n) is 4.56. The number of carbonyl (C=O) groups excluding carboxylic acids is 1. The summed E-state index contributed by atoms with van der Waals surface area (Å²) in [6.45, 7) is 1.93. The van der Waals surface area contributed by atoms with Gasteiger partial charge in [0.2, 0.25) is 5.95 Å². The molecule has 2 aliphatic rings. The van der Waals surface area contributed by atoms with Crippen molar-refractivity contribution < 1.29 is 18.0 Å². The number of fused-ring (bicyclic) bond motifs is 1. The molecule has 2 aromatic rings. The molecule has 1 N–H and O–H groups in total. The smallest absolute Gasteiger partial charge is 0.328 e. The highest BCUT2D eigenvalue weighted by atomic mass is 35.5. The molecule has 1 aliphatic heterocycles. The second kappa shape index (κ2) is 5.84. The number of carbonyl (C=O) groups is 1. The molecule has 0 saturated heterocycles. The average molecular weight is 383 g/mol. The number of nitrogens with zero attached hydrogens (tertiary/aromatic N) is 3. The number of rotatable bonds is 1. The first-order valence-corrected chi connectivity index (χ1v) is 8.44. The predicted molar refractivity (Wildman–Crippen MR) is 88.7 cm³/mol. The van der Waals surface area contributed by atoms with E-state index in [0.29, 0.717) is 34.7 Å². The Morgan fingerprint density at radius 3 is 2.58 bits per heavy atom. The molecule has 5 nitrogen and oxygen atoms in total. The molecule has 2 atom stereocenters. The highest BCUT2D eigenvalue weighted by Crippen LogP contribution is 2.42. The second-order valence-electron chi connectivity index (χ2n) is 6.61. The lowest BCUT2D eigenvalue weighted by atomic mass is 9.81. The standard InChI is InChI=1S/C17H14ClF3N4O/c1-8-6-11-13(12(26)7-8)14(9-2-4-10(18)5-3-9)25-16(22-11)23-15(24-25)17(19,20)21/h2-5,8,14H,6-7H2,1H3,(H,22,23,24)/t8-,14-/m0/s1. The number of anilines is 1. The van der Waals surface area contributed by atoms with Crippen LogP contribution in [0.15, 0.2) is 35.5 Å². The van der Waals surface area contributed by atoms with Crippen LogP contribution in [0.2, 0.25) is 5.02 Å². The van der Waals surface area contributed by atoms with Gasteiger partial charge in [-0.25, -0.2) is 4.68 Å². The highest BCUT2D eigenvalue weighted by Gasteiger charge is 2.42. The van der Waals surface area contributed by atoms with E-state index in [9.17, 15) is 18.0 Å². The molecule has 1 aliphatic carbocycles. The Morgan fingerprint density at radius 1 is 1.23 bits per heavy atom. The van der Waals surface area contributed by atoms with Crippen molar-refractivity contribution in [2.24, 2.45) is 5.92 Å². The SMILES string of the molecule is C[C@@H]1CC(=O)C2=C(C1)Nc1nc(C(F)(F)F)nn1[C@H]2c1ccc(Cl)cc1. The zero-order valence-corrected chi connectivity index (χ0v) is 14.4. The average Bonchev–Trinajstić information content (AvgIpc) is 2.97. The summed E-state index contributed by atoms with van der Waals surface area (Å²) in [5.74, 6) is -1.24. The van der Waals surface area contributed by atoms with Gasteiger partial charge in [0.25, 0.3) is 5.82 Å². The molecule has 0 saturated carbocycles. The van der Waals surface area contributed by atoms with Crippen molar-refractivity contribution in [2.75, 3.05) is 5.32 Å². The first-order chi connectivity index (χ1) is 12.2. The first kappa shape index (κ1) is 17.1. The number of aromatic nitrogens is 3. The van der Waals surface area contributed by atoms with Crippen LogP contribution < -0.4 is 5.32 Å². The summed E-state index contributed by atoms with van der Waals surface area (Å²) < 4.78 is 40.4. The molecule has 26 heavy (non-hydrogen) atoms. The van der Waals surface area contributed by atoms with E-state index in [0.717, 1.165) is 4.68 Å². The topological polar surface area (TPSA) is 59.8 Å². The van der Waals surface area contributed by atoms with Crippen LogP contribution in [0.1, 0.15) is 37.2 Å². The molecule has 1 aromatic carbocycles. The Bertz CT molecular complexity index is 917. The lowest BCUT2D eigenvalue weighted by molar-refractivity contribution is -0.145. The van der Waals surface area contributed by atoms with Gasteiger partial charge in [0.1, 0.15) is 6.04 Å². The number of hydrogen-bond acceptors (Lipinski definition) is 4. The number of halogens is 4. The molecule has 4 rings (SSSR count). The monoisotopic (exact) mass is 382 g/mol. The summed E-state index contributed by atoms with van der Waals surface area (Å²) in [4.78, 5) is 16.3. The van der Waals surface area contributed by atoms with Crippen molar-refractivity contribution in [1.82, 2.24) is 14.8 Å². The van der Waals surface area contributed by atoms with E-state index in [1.807, 2.05) is 6.92 Å². The normalized spacial score (nSPS) is 22.7. The Hall–Kier alpha value is -2.35. The number of hydrogen-bond donors (Lipinski definition) is 1. The number of ketones is 1. The molecule has 136 valence electrons. The van der Waals surface area contributed by atoms with Crippen LogP contribution in [0.3, 0.4) is 0 Å². The van der Waals surface area contributed by atoms with Gasteiger partial charge in [-0.15, -0.1) is 5.10 Å². The van der Waals surface area contributed by atoms with Crippen LogP contribution in [0.25, 0.3) is 0 Å². The van der Waals surface area contributed by atoms with Gasteiger partial charge in [0.15, 0.2) is 5.78 Å². The Kier molecular flexibility index (Phi) is 3.83. The van der Waals surface area contributed by atoms with E-state index in [-0.39, 0.29) is 17.6 Å². The molecule has 2 heterocycles. The van der Waals surface area contributed by atoms with Crippen molar-refractivity contribution in [3.8, 4) is 0 Å². The number of Topliss-reactive ketones (excluding diaryl/α,β-unsaturated/α-hetero) is 1. The Morgan fingerprint density at radius 2 is 1.92 bits per heavy atom. The van der Waals surface area contributed by atoms with Gasteiger partial charge in [-0.3, -0.25) is 4.79 Å². The second-order valence-corrected chi connectivity index (χ2v) is 7.05. The molecule has 0 unspecified atom stereocenters. The van der Waals surface area contributed by atoms with E-state index < -0.39 is 18.0 Å². The minimum Gasteiger partial charge on any atom is -0.328 e. The highest BCUT2D eigenvalue weighted by molar-refractivity contribution is 6.30. The van der Waals surface area contributed by atoms with Crippen molar-refractivity contribution >= 4 is 23.3 Å². The molecule has 0 fully saturated rings. The molecule has 0 radical (unpaired) electrons. The first-order valence-electron chi connectivity index (χ1n) is 8.06. The zero-order chi connectivity index (χ0) is 18.6. The van der Waals surface area contributed by atoms with E-state index >= 15 is 0 Å². The summed E-state index contributed by atoms with van der Waals surface area (Å²) >= 11 is 5.93. The summed E-state index contributed by atoms with van der Waals surface area (Å²) in [7, 11) is 0. The number of nitrogens with one attached hydrogen (secondary N) is 1. The van der Waals surface area contributed by atoms with Crippen molar-refractivity contribution in [3.05, 3.63) is 51.9 Å². The fourth-order valence-corrected chi connectivity index (χ4v) is 3.61. The van der Waals surface area contributed by atoms with Crippen LogP contribution in [0.5, 0.6) is 0 Å². The van der Waals surface area contributed by atoms with Crippen LogP contribution in [-0.2, 0) is 11.0 Å². The molecule has 1 aromatic heterocycles. The molecule has 0 amide bonds. The van der Waals surface area contributed by atoms with E-state index in [2.05, 4.69) is 15.4 Å². The molecule has 0 bridgehead atoms. The zero-order valence-electron chi connectivity index (χ0n) is 13.6. The Balaban J connectivity index is 1.90. The van der Waals surface area contributed by atoms with Crippen molar-refractivity contribution in [2.45, 2.75) is 32.0 Å². The van der Waals surface area contributed by atoms with E-state index in [1.54, 1.807) is 24.3 Å². The largest absolute Gasteiger partial charge is 0.453 e. The van der Waals surface area contributed by atoms with Crippen LogP contribution in [0.4, 0.5) is 19.1 Å². The van der Waals surface area contributed by atoms with E-state index in [1.165, 1.54) is 0 Å². The minimum absolute atomic E-state index is 0.0158. The number of allylic oxidation sites excluding steroid dienone is 2. The maximum absolute atomic E-state index is 13.1. The molecule has 9 heteroatoms. The number of benzene rings is 1.